The Balaban J connectivity index is 1.55. The maximum Gasteiger partial charge on any atom is 0.159 e. The van der Waals surface area contributed by atoms with Crippen molar-refractivity contribution < 1.29 is 0 Å². The molecule has 0 N–H and O–H groups in total. The topological polar surface area (TPSA) is 46.3 Å². The molecular formula is C18H17N5. The summed E-state index contributed by atoms with van der Waals surface area (Å²) < 4.78 is 2.27. The first-order chi connectivity index (χ1) is 11.4. The molecule has 0 fully saturated rings. The molecule has 1 aromatic carbocycles. The number of rotatable bonds is 4. The molecule has 0 amide bonds. The van der Waals surface area contributed by atoms with Crippen molar-refractivity contribution in [3.05, 3.63) is 61.2 Å². The van der Waals surface area contributed by atoms with Crippen molar-refractivity contribution in [1.29, 1.82) is 0 Å². The molecule has 2 aromatic heterocycles. The van der Waals surface area contributed by atoms with E-state index in [1.54, 1.807) is 12.4 Å². The van der Waals surface area contributed by atoms with Gasteiger partial charge in [0.1, 0.15) is 6.67 Å². The van der Waals surface area contributed by atoms with Gasteiger partial charge >= 0.3 is 0 Å². The van der Waals surface area contributed by atoms with Gasteiger partial charge in [-0.25, -0.2) is 9.97 Å². The molecule has 0 saturated carbocycles. The molecule has 0 spiro atoms. The number of fused-ring (bicyclic) bond motifs is 1. The van der Waals surface area contributed by atoms with Crippen LogP contribution in [-0.4, -0.2) is 38.9 Å². The van der Waals surface area contributed by atoms with E-state index in [9.17, 15) is 0 Å². The summed E-state index contributed by atoms with van der Waals surface area (Å²) >= 11 is 0. The van der Waals surface area contributed by atoms with Gasteiger partial charge in [-0.1, -0.05) is 0 Å². The Hall–Kier alpha value is -2.95. The third-order valence-corrected chi connectivity index (χ3v) is 3.97. The minimum Gasteiger partial charge on any atom is -0.357 e. The summed E-state index contributed by atoms with van der Waals surface area (Å²) in [6.45, 7) is 2.62. The number of aromatic nitrogens is 3. The largest absolute Gasteiger partial charge is 0.357 e. The first-order valence-corrected chi connectivity index (χ1v) is 7.67. The van der Waals surface area contributed by atoms with E-state index in [2.05, 4.69) is 61.1 Å². The summed E-state index contributed by atoms with van der Waals surface area (Å²) in [5.74, 6) is 0.762. The van der Waals surface area contributed by atoms with Gasteiger partial charge in [0.05, 0.1) is 0 Å². The van der Waals surface area contributed by atoms with Crippen molar-refractivity contribution in [3.8, 4) is 11.4 Å². The lowest BCUT2D eigenvalue weighted by atomic mass is 10.1. The Labute approximate surface area is 134 Å². The van der Waals surface area contributed by atoms with Gasteiger partial charge in [-0.15, -0.1) is 0 Å². The second kappa shape index (κ2) is 6.04. The molecule has 0 atom stereocenters. The molecule has 0 bridgehead atoms. The molecule has 0 saturated heterocycles. The van der Waals surface area contributed by atoms with Crippen LogP contribution in [0.3, 0.4) is 0 Å². The number of hydrogen-bond acceptors (Lipinski definition) is 4. The highest BCUT2D eigenvalue weighted by atomic mass is 15.2. The van der Waals surface area contributed by atoms with E-state index >= 15 is 0 Å². The highest BCUT2D eigenvalue weighted by Crippen LogP contribution is 2.22. The van der Waals surface area contributed by atoms with Crippen molar-refractivity contribution in [1.82, 2.24) is 19.4 Å². The van der Waals surface area contributed by atoms with Gasteiger partial charge in [-0.3, -0.25) is 4.99 Å². The van der Waals surface area contributed by atoms with E-state index in [1.807, 2.05) is 18.4 Å². The van der Waals surface area contributed by atoms with Crippen LogP contribution in [0.2, 0.25) is 0 Å². The first kappa shape index (κ1) is 13.7. The summed E-state index contributed by atoms with van der Waals surface area (Å²) in [5, 5.41) is 1.21. The van der Waals surface area contributed by atoms with Crippen LogP contribution in [0.15, 0.2) is 66.2 Å². The minimum atomic E-state index is 0.741. The molecule has 114 valence electrons. The molecule has 23 heavy (non-hydrogen) atoms. The lowest BCUT2D eigenvalue weighted by molar-refractivity contribution is 0.367. The molecular weight excluding hydrogens is 286 g/mol. The van der Waals surface area contributed by atoms with Crippen molar-refractivity contribution >= 4 is 17.1 Å². The monoisotopic (exact) mass is 303 g/mol. The van der Waals surface area contributed by atoms with E-state index in [1.165, 1.54) is 10.9 Å². The van der Waals surface area contributed by atoms with Crippen LogP contribution >= 0.6 is 0 Å². The predicted octanol–water partition coefficient (Wildman–Crippen LogP) is 2.96. The zero-order chi connectivity index (χ0) is 15.5. The van der Waals surface area contributed by atoms with Crippen molar-refractivity contribution in [2.45, 2.75) is 6.54 Å². The molecule has 1 aliphatic rings. The Kier molecular flexibility index (Phi) is 3.60. The standard InChI is InChI=1S/C18H17N5/c1-7-20-18(21-8-1)16-3-4-17-15(13-16)5-10-23(17)12-11-22-9-2-6-19-14-22/h1-10,13H,11-12,14H2. The van der Waals surface area contributed by atoms with E-state index < -0.39 is 0 Å². The van der Waals surface area contributed by atoms with Crippen LogP contribution in [0, 0.1) is 0 Å². The van der Waals surface area contributed by atoms with Crippen LogP contribution in [-0.2, 0) is 6.54 Å². The van der Waals surface area contributed by atoms with Crippen LogP contribution in [0.1, 0.15) is 0 Å². The maximum atomic E-state index is 4.31. The summed E-state index contributed by atoms with van der Waals surface area (Å²) in [4.78, 5) is 15.1. The predicted molar refractivity (Wildman–Crippen MR) is 92.2 cm³/mol. The zero-order valence-electron chi connectivity index (χ0n) is 12.7. The van der Waals surface area contributed by atoms with Crippen molar-refractivity contribution in [2.75, 3.05) is 13.2 Å². The van der Waals surface area contributed by atoms with Crippen LogP contribution in [0.25, 0.3) is 22.3 Å². The van der Waals surface area contributed by atoms with Crippen molar-refractivity contribution in [2.24, 2.45) is 4.99 Å². The second-order valence-electron chi connectivity index (χ2n) is 5.48. The molecule has 3 aromatic rings. The van der Waals surface area contributed by atoms with Gasteiger partial charge in [-0.2, -0.15) is 0 Å². The summed E-state index contributed by atoms with van der Waals surface area (Å²) in [6, 6.07) is 10.3. The maximum absolute atomic E-state index is 4.31. The normalized spacial score (nSPS) is 13.8. The molecule has 0 aliphatic carbocycles. The highest BCUT2D eigenvalue weighted by Gasteiger charge is 2.06. The van der Waals surface area contributed by atoms with Gasteiger partial charge in [0.25, 0.3) is 0 Å². The Morgan fingerprint density at radius 2 is 1.96 bits per heavy atom. The minimum absolute atomic E-state index is 0.741. The second-order valence-corrected chi connectivity index (χ2v) is 5.48. The average Bonchev–Trinajstić information content (AvgIpc) is 3.04. The van der Waals surface area contributed by atoms with E-state index in [-0.39, 0.29) is 0 Å². The molecule has 5 nitrogen and oxygen atoms in total. The molecule has 4 rings (SSSR count). The van der Waals surface area contributed by atoms with Crippen molar-refractivity contribution in [3.63, 3.8) is 0 Å². The number of aliphatic imine (C=N–C) groups is 1. The SMILES string of the molecule is C1=CN(CCn2ccc3cc(-c4ncccn4)ccc32)CN=C1. The average molecular weight is 303 g/mol. The van der Waals surface area contributed by atoms with Gasteiger partial charge in [0.2, 0.25) is 0 Å². The first-order valence-electron chi connectivity index (χ1n) is 7.67. The van der Waals surface area contributed by atoms with Crippen LogP contribution in [0.5, 0.6) is 0 Å². The molecule has 1 aliphatic heterocycles. The highest BCUT2D eigenvalue weighted by molar-refractivity contribution is 5.84. The fourth-order valence-corrected chi connectivity index (χ4v) is 2.78. The third kappa shape index (κ3) is 2.85. The third-order valence-electron chi connectivity index (χ3n) is 3.97. The molecule has 0 unspecified atom stereocenters. The quantitative estimate of drug-likeness (QED) is 0.744. The number of nitrogens with zero attached hydrogens (tertiary/aromatic N) is 5. The smallest absolute Gasteiger partial charge is 0.159 e. The van der Waals surface area contributed by atoms with Gasteiger partial charge in [-0.05, 0) is 36.4 Å². The lowest BCUT2D eigenvalue weighted by Crippen LogP contribution is -2.23. The number of hydrogen-bond donors (Lipinski definition) is 0. The van der Waals surface area contributed by atoms with Gasteiger partial charge in [0, 0.05) is 60.6 Å². The van der Waals surface area contributed by atoms with E-state index in [0.717, 1.165) is 31.1 Å². The lowest BCUT2D eigenvalue weighted by Gasteiger charge is -2.20. The summed E-state index contributed by atoms with van der Waals surface area (Å²) in [6.07, 6.45) is 11.6. The zero-order valence-corrected chi connectivity index (χ0v) is 12.7. The number of allylic oxidation sites excluding steroid dienone is 1. The Morgan fingerprint density at radius 1 is 1.04 bits per heavy atom. The van der Waals surface area contributed by atoms with Crippen LogP contribution in [0.4, 0.5) is 0 Å². The fourth-order valence-electron chi connectivity index (χ4n) is 2.78. The molecule has 3 heterocycles. The van der Waals surface area contributed by atoms with E-state index in [4.69, 9.17) is 0 Å². The fraction of sp³-hybridized carbons (Fsp3) is 0.167. The molecule has 5 heteroatoms. The molecule has 0 radical (unpaired) electrons. The van der Waals surface area contributed by atoms with Gasteiger partial charge in [0.15, 0.2) is 5.82 Å². The van der Waals surface area contributed by atoms with Gasteiger partial charge < -0.3 is 9.47 Å². The summed E-state index contributed by atoms with van der Waals surface area (Å²) in [7, 11) is 0. The summed E-state index contributed by atoms with van der Waals surface area (Å²) in [5.41, 5.74) is 2.28. The van der Waals surface area contributed by atoms with Crippen LogP contribution < -0.4 is 0 Å². The Morgan fingerprint density at radius 3 is 2.78 bits per heavy atom. The van der Waals surface area contributed by atoms with E-state index in [0.29, 0.717) is 0 Å². The number of benzene rings is 1. The Bertz CT molecular complexity index is 864.